The van der Waals surface area contributed by atoms with Gasteiger partial charge in [-0.05, 0) is 45.2 Å². The monoisotopic (exact) mass is 282 g/mol. The van der Waals surface area contributed by atoms with Gasteiger partial charge in [0.15, 0.2) is 0 Å². The van der Waals surface area contributed by atoms with Crippen LogP contribution in [0.25, 0.3) is 0 Å². The molecule has 0 spiro atoms. The van der Waals surface area contributed by atoms with Crippen LogP contribution < -0.4 is 5.32 Å². The van der Waals surface area contributed by atoms with Crippen molar-refractivity contribution in [3.63, 3.8) is 0 Å². The summed E-state index contributed by atoms with van der Waals surface area (Å²) in [7, 11) is 2.33. The van der Waals surface area contributed by atoms with Crippen LogP contribution in [0.5, 0.6) is 0 Å². The van der Waals surface area contributed by atoms with Crippen molar-refractivity contribution in [2.24, 2.45) is 11.8 Å². The molecule has 0 radical (unpaired) electrons. The Balaban J connectivity index is 1.82. The Morgan fingerprint density at radius 2 is 2.10 bits per heavy atom. The van der Waals surface area contributed by atoms with E-state index < -0.39 is 0 Å². The largest absolute Gasteiger partial charge is 0.381 e. The fourth-order valence-electron chi connectivity index (χ4n) is 3.90. The molecule has 20 heavy (non-hydrogen) atoms. The van der Waals surface area contributed by atoms with Crippen LogP contribution in [-0.4, -0.2) is 50.3 Å². The van der Waals surface area contributed by atoms with Gasteiger partial charge in [0.2, 0.25) is 0 Å². The van der Waals surface area contributed by atoms with Gasteiger partial charge in [0.05, 0.1) is 6.61 Å². The summed E-state index contributed by atoms with van der Waals surface area (Å²) in [5.74, 6) is 1.57. The van der Waals surface area contributed by atoms with Gasteiger partial charge in [-0.2, -0.15) is 0 Å². The fourth-order valence-corrected chi connectivity index (χ4v) is 3.90. The summed E-state index contributed by atoms with van der Waals surface area (Å²) in [6, 6.07) is 1.46. The number of nitrogens with zero attached hydrogens (tertiary/aromatic N) is 1. The Hall–Kier alpha value is -0.120. The molecule has 3 heteroatoms. The van der Waals surface area contributed by atoms with Crippen LogP contribution in [0.4, 0.5) is 0 Å². The molecule has 0 aromatic heterocycles. The Morgan fingerprint density at radius 1 is 1.25 bits per heavy atom. The zero-order chi connectivity index (χ0) is 14.4. The van der Waals surface area contributed by atoms with Crippen LogP contribution >= 0.6 is 0 Å². The Morgan fingerprint density at radius 3 is 2.85 bits per heavy atom. The lowest BCUT2D eigenvalue weighted by Gasteiger charge is -2.39. The van der Waals surface area contributed by atoms with E-state index in [1.54, 1.807) is 0 Å². The number of nitrogens with one attached hydrogen (secondary N) is 1. The maximum atomic E-state index is 5.73. The molecule has 1 N–H and O–H groups in total. The predicted octanol–water partition coefficient (Wildman–Crippen LogP) is 2.90. The first-order valence-electron chi connectivity index (χ1n) is 8.72. The number of rotatable bonds is 6. The molecule has 4 unspecified atom stereocenters. The second-order valence-corrected chi connectivity index (χ2v) is 7.05. The van der Waals surface area contributed by atoms with Crippen molar-refractivity contribution in [2.45, 2.75) is 64.5 Å². The summed E-state index contributed by atoms with van der Waals surface area (Å²) >= 11 is 0. The zero-order valence-corrected chi connectivity index (χ0v) is 13.7. The summed E-state index contributed by atoms with van der Waals surface area (Å²) in [6.07, 6.45) is 8.02. The van der Waals surface area contributed by atoms with E-state index in [0.717, 1.165) is 31.7 Å². The Bertz CT molecular complexity index is 272. The molecule has 0 bridgehead atoms. The molecule has 2 fully saturated rings. The van der Waals surface area contributed by atoms with Gasteiger partial charge in [0, 0.05) is 31.2 Å². The van der Waals surface area contributed by atoms with Crippen LogP contribution in [0, 0.1) is 11.8 Å². The molecule has 4 atom stereocenters. The summed E-state index contributed by atoms with van der Waals surface area (Å²) < 4.78 is 5.73. The van der Waals surface area contributed by atoms with Gasteiger partial charge < -0.3 is 15.0 Å². The third kappa shape index (κ3) is 4.71. The summed E-state index contributed by atoms with van der Waals surface area (Å²) in [4.78, 5) is 2.62. The first-order chi connectivity index (χ1) is 9.70. The Kier molecular flexibility index (Phi) is 6.79. The molecule has 1 saturated heterocycles. The molecule has 2 aliphatic rings. The second-order valence-electron chi connectivity index (χ2n) is 7.05. The third-order valence-corrected chi connectivity index (χ3v) is 5.19. The highest BCUT2D eigenvalue weighted by Gasteiger charge is 2.29. The lowest BCUT2D eigenvalue weighted by molar-refractivity contribution is 0.0106. The van der Waals surface area contributed by atoms with Crippen molar-refractivity contribution in [1.29, 1.82) is 0 Å². The molecule has 1 heterocycles. The van der Waals surface area contributed by atoms with Crippen molar-refractivity contribution in [2.75, 3.05) is 33.4 Å². The minimum absolute atomic E-state index is 0.659. The molecule has 118 valence electrons. The van der Waals surface area contributed by atoms with E-state index in [-0.39, 0.29) is 0 Å². The van der Waals surface area contributed by atoms with E-state index in [4.69, 9.17) is 4.74 Å². The van der Waals surface area contributed by atoms with Gasteiger partial charge in [-0.3, -0.25) is 0 Å². The van der Waals surface area contributed by atoms with Gasteiger partial charge >= 0.3 is 0 Å². The van der Waals surface area contributed by atoms with Gasteiger partial charge in [-0.1, -0.05) is 26.7 Å². The molecule has 1 saturated carbocycles. The first-order valence-corrected chi connectivity index (χ1v) is 8.72. The van der Waals surface area contributed by atoms with Crippen LogP contribution in [0.15, 0.2) is 0 Å². The minimum Gasteiger partial charge on any atom is -0.381 e. The zero-order valence-electron chi connectivity index (χ0n) is 13.7. The van der Waals surface area contributed by atoms with Crippen LogP contribution in [0.3, 0.4) is 0 Å². The molecule has 3 nitrogen and oxygen atoms in total. The predicted molar refractivity (Wildman–Crippen MR) is 85.1 cm³/mol. The number of ether oxygens (including phenoxy) is 1. The van der Waals surface area contributed by atoms with E-state index in [9.17, 15) is 0 Å². The van der Waals surface area contributed by atoms with Crippen molar-refractivity contribution < 1.29 is 4.74 Å². The molecule has 0 aromatic carbocycles. The van der Waals surface area contributed by atoms with Gasteiger partial charge in [-0.25, -0.2) is 0 Å². The van der Waals surface area contributed by atoms with Crippen molar-refractivity contribution in [3.8, 4) is 0 Å². The second kappa shape index (κ2) is 8.35. The van der Waals surface area contributed by atoms with Crippen LogP contribution in [0.1, 0.15) is 52.4 Å². The average Bonchev–Trinajstić information content (AvgIpc) is 2.46. The first kappa shape index (κ1) is 16.3. The molecule has 0 aromatic rings. The van der Waals surface area contributed by atoms with E-state index in [1.165, 1.54) is 45.1 Å². The van der Waals surface area contributed by atoms with E-state index in [2.05, 4.69) is 31.1 Å². The van der Waals surface area contributed by atoms with Gasteiger partial charge in [-0.15, -0.1) is 0 Å². The third-order valence-electron chi connectivity index (χ3n) is 5.19. The highest BCUT2D eigenvalue weighted by Crippen LogP contribution is 2.28. The minimum atomic E-state index is 0.659. The number of hydrogen-bond acceptors (Lipinski definition) is 3. The normalized spacial score (nSPS) is 35.4. The maximum absolute atomic E-state index is 5.73. The summed E-state index contributed by atoms with van der Waals surface area (Å²) in [5.41, 5.74) is 0. The Labute approximate surface area is 125 Å². The highest BCUT2D eigenvalue weighted by atomic mass is 16.5. The molecule has 0 amide bonds. The van der Waals surface area contributed by atoms with Crippen molar-refractivity contribution in [1.82, 2.24) is 10.2 Å². The molecule has 1 aliphatic carbocycles. The smallest absolute Gasteiger partial charge is 0.0521 e. The van der Waals surface area contributed by atoms with E-state index >= 15 is 0 Å². The van der Waals surface area contributed by atoms with Crippen LogP contribution in [0.2, 0.25) is 0 Å². The van der Waals surface area contributed by atoms with Crippen molar-refractivity contribution >= 4 is 0 Å². The fraction of sp³-hybridized carbons (Fsp3) is 1.00. The van der Waals surface area contributed by atoms with Crippen molar-refractivity contribution in [3.05, 3.63) is 0 Å². The number of hydrogen-bond donors (Lipinski definition) is 1. The van der Waals surface area contributed by atoms with E-state index in [0.29, 0.717) is 12.0 Å². The topological polar surface area (TPSA) is 24.5 Å². The average molecular weight is 282 g/mol. The lowest BCUT2D eigenvalue weighted by atomic mass is 9.85. The van der Waals surface area contributed by atoms with Gasteiger partial charge in [0.1, 0.15) is 0 Å². The van der Waals surface area contributed by atoms with E-state index in [1.807, 2.05) is 0 Å². The quantitative estimate of drug-likeness (QED) is 0.811. The molecule has 2 rings (SSSR count). The SMILES string of the molecule is CCCNC1CCOCC1CN(C)C1CCCC(C)C1. The summed E-state index contributed by atoms with van der Waals surface area (Å²) in [5, 5.41) is 3.73. The standard InChI is InChI=1S/C17H34N2O/c1-4-9-18-17-8-10-20-13-15(17)12-19(3)16-7-5-6-14(2)11-16/h14-18H,4-13H2,1-3H3. The molecular formula is C17H34N2O. The van der Waals surface area contributed by atoms with Crippen LogP contribution in [-0.2, 0) is 4.74 Å². The molecule has 1 aliphatic heterocycles. The molecular weight excluding hydrogens is 248 g/mol. The lowest BCUT2D eigenvalue weighted by Crippen LogP contribution is -2.49. The highest BCUT2D eigenvalue weighted by molar-refractivity contribution is 4.84. The van der Waals surface area contributed by atoms with Gasteiger partial charge in [0.25, 0.3) is 0 Å². The summed E-state index contributed by atoms with van der Waals surface area (Å²) in [6.45, 7) is 8.87. The maximum Gasteiger partial charge on any atom is 0.0521 e.